The largest absolute Gasteiger partial charge is 0.438 e. The Morgan fingerprint density at radius 1 is 1.30 bits per heavy atom. The van der Waals surface area contributed by atoms with E-state index in [0.29, 0.717) is 5.52 Å². The number of nitrogens with one attached hydrogen (secondary N) is 4. The topological polar surface area (TPSA) is 133 Å². The van der Waals surface area contributed by atoms with Gasteiger partial charge in [0.15, 0.2) is 5.82 Å². The van der Waals surface area contributed by atoms with Crippen LogP contribution in [0.5, 0.6) is 0 Å². The molecule has 0 bridgehead atoms. The average Bonchev–Trinajstić information content (AvgIpc) is 2.97. The molecule has 9 nitrogen and oxygen atoms in total. The standard InChI is InChI=1S/C14H13N5O4/c1-15-9-4-2-3-7-5-8(13(21)18-11(7)9)12(20)16-6-10-17-14(22)23-19-10/h2-5,15H,6H2,1H3,(H,16,20)(H,18,21)(H,17,19,22). The molecule has 3 rings (SSSR count). The maximum absolute atomic E-state index is 12.1. The number of pyridine rings is 1. The van der Waals surface area contributed by atoms with Gasteiger partial charge in [0.1, 0.15) is 5.56 Å². The van der Waals surface area contributed by atoms with E-state index in [1.807, 2.05) is 12.1 Å². The molecule has 0 aliphatic carbocycles. The molecule has 0 aliphatic heterocycles. The summed E-state index contributed by atoms with van der Waals surface area (Å²) >= 11 is 0. The number of aromatic nitrogens is 3. The SMILES string of the molecule is CNc1cccc2cc(C(=O)NCc3noc(=O)[nH]3)c(=O)[nH]c12. The number of amides is 1. The fraction of sp³-hybridized carbons (Fsp3) is 0.143. The number of carbonyl (C=O) groups is 1. The lowest BCUT2D eigenvalue weighted by Crippen LogP contribution is -2.29. The van der Waals surface area contributed by atoms with Crippen LogP contribution >= 0.6 is 0 Å². The van der Waals surface area contributed by atoms with Gasteiger partial charge in [0.2, 0.25) is 0 Å². The number of para-hydroxylation sites is 1. The summed E-state index contributed by atoms with van der Waals surface area (Å²) in [6.45, 7) is -0.0569. The van der Waals surface area contributed by atoms with Crippen LogP contribution in [-0.4, -0.2) is 28.1 Å². The van der Waals surface area contributed by atoms with Crippen LogP contribution in [0.3, 0.4) is 0 Å². The lowest BCUT2D eigenvalue weighted by Gasteiger charge is -2.07. The summed E-state index contributed by atoms with van der Waals surface area (Å²) in [7, 11) is 1.74. The second-order valence-corrected chi connectivity index (χ2v) is 4.76. The van der Waals surface area contributed by atoms with Crippen molar-refractivity contribution in [2.75, 3.05) is 12.4 Å². The molecule has 2 heterocycles. The fourth-order valence-electron chi connectivity index (χ4n) is 2.20. The van der Waals surface area contributed by atoms with E-state index in [0.717, 1.165) is 11.1 Å². The molecule has 9 heteroatoms. The van der Waals surface area contributed by atoms with E-state index in [9.17, 15) is 14.4 Å². The molecule has 0 aliphatic rings. The maximum atomic E-state index is 12.1. The van der Waals surface area contributed by atoms with E-state index in [1.54, 1.807) is 13.1 Å². The second kappa shape index (κ2) is 5.79. The zero-order valence-electron chi connectivity index (χ0n) is 12.1. The van der Waals surface area contributed by atoms with Gasteiger partial charge in [-0.1, -0.05) is 17.3 Å². The average molecular weight is 315 g/mol. The van der Waals surface area contributed by atoms with Gasteiger partial charge in [0.25, 0.3) is 11.5 Å². The first kappa shape index (κ1) is 14.6. The Hall–Kier alpha value is -3.36. The monoisotopic (exact) mass is 315 g/mol. The van der Waals surface area contributed by atoms with Gasteiger partial charge >= 0.3 is 5.76 Å². The number of fused-ring (bicyclic) bond motifs is 1. The number of hydrogen-bond acceptors (Lipinski definition) is 6. The molecule has 0 radical (unpaired) electrons. The fourth-order valence-corrected chi connectivity index (χ4v) is 2.20. The third kappa shape index (κ3) is 2.84. The van der Waals surface area contributed by atoms with Crippen LogP contribution in [0.25, 0.3) is 10.9 Å². The Balaban J connectivity index is 1.90. The first-order chi connectivity index (χ1) is 11.1. The maximum Gasteiger partial charge on any atom is 0.438 e. The summed E-state index contributed by atoms with van der Waals surface area (Å²) in [5.41, 5.74) is 0.840. The smallest absolute Gasteiger partial charge is 0.386 e. The lowest BCUT2D eigenvalue weighted by molar-refractivity contribution is 0.0948. The number of carbonyl (C=O) groups excluding carboxylic acids is 1. The first-order valence-corrected chi connectivity index (χ1v) is 6.75. The van der Waals surface area contributed by atoms with Gasteiger partial charge in [0, 0.05) is 12.4 Å². The predicted octanol–water partition coefficient (Wildman–Crippen LogP) is 0.176. The summed E-state index contributed by atoms with van der Waals surface area (Å²) < 4.78 is 4.32. The van der Waals surface area contributed by atoms with Crippen LogP contribution in [0.2, 0.25) is 0 Å². The highest BCUT2D eigenvalue weighted by Crippen LogP contribution is 2.19. The summed E-state index contributed by atoms with van der Waals surface area (Å²) in [5, 5.41) is 9.61. The minimum atomic E-state index is -0.711. The van der Waals surface area contributed by atoms with E-state index in [-0.39, 0.29) is 17.9 Å². The number of hydrogen-bond donors (Lipinski definition) is 4. The Kier molecular flexibility index (Phi) is 3.67. The Bertz CT molecular complexity index is 984. The molecule has 1 amide bonds. The molecule has 0 unspecified atom stereocenters. The van der Waals surface area contributed by atoms with Crippen molar-refractivity contribution in [3.05, 3.63) is 56.6 Å². The van der Waals surface area contributed by atoms with Crippen molar-refractivity contribution < 1.29 is 9.32 Å². The third-order valence-electron chi connectivity index (χ3n) is 3.30. The normalized spacial score (nSPS) is 10.7. The van der Waals surface area contributed by atoms with Crippen LogP contribution in [-0.2, 0) is 6.54 Å². The van der Waals surface area contributed by atoms with E-state index >= 15 is 0 Å². The summed E-state index contributed by atoms with van der Waals surface area (Å²) in [5.74, 6) is -1.12. The first-order valence-electron chi connectivity index (χ1n) is 6.75. The lowest BCUT2D eigenvalue weighted by atomic mass is 10.1. The highest BCUT2D eigenvalue weighted by molar-refractivity contribution is 5.99. The Labute approximate surface area is 128 Å². The van der Waals surface area contributed by atoms with Crippen LogP contribution in [0.1, 0.15) is 16.2 Å². The van der Waals surface area contributed by atoms with Crippen molar-refractivity contribution in [2.45, 2.75) is 6.54 Å². The second-order valence-electron chi connectivity index (χ2n) is 4.76. The van der Waals surface area contributed by atoms with E-state index in [4.69, 9.17) is 0 Å². The molecular formula is C14H13N5O4. The van der Waals surface area contributed by atoms with Crippen LogP contribution in [0.4, 0.5) is 5.69 Å². The molecule has 0 spiro atoms. The van der Waals surface area contributed by atoms with E-state index in [1.165, 1.54) is 6.07 Å². The molecule has 0 fully saturated rings. The van der Waals surface area contributed by atoms with Crippen molar-refractivity contribution in [1.82, 2.24) is 20.4 Å². The molecule has 4 N–H and O–H groups in total. The van der Waals surface area contributed by atoms with Crippen molar-refractivity contribution in [1.29, 1.82) is 0 Å². The van der Waals surface area contributed by atoms with E-state index < -0.39 is 17.2 Å². The minimum Gasteiger partial charge on any atom is -0.386 e. The highest BCUT2D eigenvalue weighted by Gasteiger charge is 2.13. The van der Waals surface area contributed by atoms with Gasteiger partial charge in [-0.15, -0.1) is 0 Å². The van der Waals surface area contributed by atoms with Crippen LogP contribution in [0, 0.1) is 0 Å². The van der Waals surface area contributed by atoms with Crippen molar-refractivity contribution in [3.8, 4) is 0 Å². The minimum absolute atomic E-state index is 0.0309. The quantitative estimate of drug-likeness (QED) is 0.542. The van der Waals surface area contributed by atoms with Gasteiger partial charge in [-0.2, -0.15) is 0 Å². The summed E-state index contributed by atoms with van der Waals surface area (Å²) in [6.07, 6.45) is 0. The summed E-state index contributed by atoms with van der Waals surface area (Å²) in [6, 6.07) is 6.93. The van der Waals surface area contributed by atoms with Gasteiger partial charge in [-0.25, -0.2) is 4.79 Å². The number of rotatable bonds is 4. The highest BCUT2D eigenvalue weighted by atomic mass is 16.5. The number of H-pyrrole nitrogens is 2. The number of nitrogens with zero attached hydrogens (tertiary/aromatic N) is 1. The van der Waals surface area contributed by atoms with Crippen molar-refractivity contribution >= 4 is 22.5 Å². The Morgan fingerprint density at radius 2 is 2.13 bits per heavy atom. The molecule has 23 heavy (non-hydrogen) atoms. The van der Waals surface area contributed by atoms with Crippen molar-refractivity contribution in [2.24, 2.45) is 0 Å². The van der Waals surface area contributed by atoms with E-state index in [2.05, 4.69) is 30.3 Å². The van der Waals surface area contributed by atoms with Gasteiger partial charge in [0.05, 0.1) is 17.7 Å². The van der Waals surface area contributed by atoms with Gasteiger partial charge < -0.3 is 15.6 Å². The summed E-state index contributed by atoms with van der Waals surface area (Å²) in [4.78, 5) is 40.1. The predicted molar refractivity (Wildman–Crippen MR) is 82.4 cm³/mol. The number of anilines is 1. The third-order valence-corrected chi connectivity index (χ3v) is 3.30. The molecule has 2 aromatic heterocycles. The van der Waals surface area contributed by atoms with Gasteiger partial charge in [-0.05, 0) is 12.1 Å². The zero-order chi connectivity index (χ0) is 16.4. The van der Waals surface area contributed by atoms with Crippen molar-refractivity contribution in [3.63, 3.8) is 0 Å². The molecule has 0 atom stereocenters. The molecule has 3 aromatic rings. The zero-order valence-corrected chi connectivity index (χ0v) is 12.1. The Morgan fingerprint density at radius 3 is 2.83 bits per heavy atom. The number of benzene rings is 1. The molecule has 1 aromatic carbocycles. The van der Waals surface area contributed by atoms with Crippen LogP contribution < -0.4 is 21.9 Å². The molecule has 0 saturated heterocycles. The van der Waals surface area contributed by atoms with Crippen LogP contribution in [0.15, 0.2) is 38.4 Å². The van der Waals surface area contributed by atoms with Gasteiger partial charge in [-0.3, -0.25) is 19.1 Å². The molecule has 0 saturated carbocycles. The molecule has 118 valence electrons. The molecular weight excluding hydrogens is 302 g/mol. The number of aromatic amines is 2.